The van der Waals surface area contributed by atoms with Gasteiger partial charge in [-0.1, -0.05) is 6.07 Å². The summed E-state index contributed by atoms with van der Waals surface area (Å²) < 4.78 is 71.2. The Hall–Kier alpha value is -3.69. The molecule has 0 spiro atoms. The van der Waals surface area contributed by atoms with Crippen molar-refractivity contribution in [1.29, 1.82) is 0 Å². The zero-order valence-corrected chi connectivity index (χ0v) is 15.7. The van der Waals surface area contributed by atoms with E-state index >= 15 is 0 Å². The quantitative estimate of drug-likeness (QED) is 0.578. The molecule has 1 aliphatic rings. The van der Waals surface area contributed by atoms with Gasteiger partial charge in [0.1, 0.15) is 12.4 Å². The van der Waals surface area contributed by atoms with Crippen LogP contribution in [0.3, 0.4) is 0 Å². The number of carbonyl (C=O) groups excluding carboxylic acids is 1. The molecule has 3 aromatic rings. The molecule has 5 nitrogen and oxygen atoms in total. The van der Waals surface area contributed by atoms with Gasteiger partial charge in [0.05, 0.1) is 29.6 Å². The van der Waals surface area contributed by atoms with E-state index in [1.165, 1.54) is 11.0 Å². The van der Waals surface area contributed by atoms with Crippen LogP contribution in [0.2, 0.25) is 0 Å². The summed E-state index contributed by atoms with van der Waals surface area (Å²) >= 11 is 0. The molecule has 1 amide bonds. The fraction of sp³-hybridized carbons (Fsp3) is 0.143. The van der Waals surface area contributed by atoms with E-state index < -0.39 is 29.3 Å². The molecule has 31 heavy (non-hydrogen) atoms. The number of benzene rings is 2. The maximum atomic E-state index is 14.2. The van der Waals surface area contributed by atoms with Gasteiger partial charge < -0.3 is 15.0 Å². The number of ether oxygens (including phenoxy) is 1. The van der Waals surface area contributed by atoms with Gasteiger partial charge in [0.15, 0.2) is 17.4 Å². The van der Waals surface area contributed by atoms with E-state index in [4.69, 9.17) is 4.74 Å². The number of pyridine rings is 1. The average molecular weight is 435 g/mol. The molecule has 2 heterocycles. The van der Waals surface area contributed by atoms with E-state index in [1.54, 1.807) is 12.1 Å². The van der Waals surface area contributed by atoms with E-state index in [9.17, 15) is 26.7 Å². The zero-order chi connectivity index (χ0) is 22.2. The molecule has 10 heteroatoms. The Bertz CT molecular complexity index is 1130. The summed E-state index contributed by atoms with van der Waals surface area (Å²) in [5, 5.41) is 2.52. The van der Waals surface area contributed by atoms with Crippen LogP contribution in [0.1, 0.15) is 15.9 Å². The maximum Gasteiger partial charge on any atom is 0.416 e. The standard InChI is InChI=1S/C21H14F5N3O2/c22-13-10-16(23)19(27-11-13)29-8-9-31-18-15(2-1-3-17(18)29)20(30)28-14-6-4-12(5-7-14)21(24,25)26/h1-7,10-11H,8-9H2,(H,28,30). The van der Waals surface area contributed by atoms with Gasteiger partial charge in [0, 0.05) is 11.8 Å². The first-order valence-electron chi connectivity index (χ1n) is 9.07. The molecule has 1 N–H and O–H groups in total. The van der Waals surface area contributed by atoms with Crippen LogP contribution in [-0.2, 0) is 6.18 Å². The van der Waals surface area contributed by atoms with Crippen LogP contribution in [-0.4, -0.2) is 24.0 Å². The Kier molecular flexibility index (Phi) is 5.22. The second kappa shape index (κ2) is 7.86. The van der Waals surface area contributed by atoms with Crippen molar-refractivity contribution in [2.24, 2.45) is 0 Å². The van der Waals surface area contributed by atoms with E-state index in [-0.39, 0.29) is 36.0 Å². The molecule has 0 aliphatic carbocycles. The third-order valence-corrected chi connectivity index (χ3v) is 4.61. The van der Waals surface area contributed by atoms with E-state index in [1.807, 2.05) is 0 Å². The number of amides is 1. The first-order chi connectivity index (χ1) is 14.7. The van der Waals surface area contributed by atoms with Gasteiger partial charge in [-0.15, -0.1) is 0 Å². The van der Waals surface area contributed by atoms with E-state index in [0.717, 1.165) is 30.5 Å². The minimum atomic E-state index is -4.48. The third kappa shape index (κ3) is 4.14. The fourth-order valence-electron chi connectivity index (χ4n) is 3.19. The molecule has 1 aliphatic heterocycles. The molecule has 0 unspecified atom stereocenters. The van der Waals surface area contributed by atoms with Crippen LogP contribution >= 0.6 is 0 Å². The Morgan fingerprint density at radius 2 is 1.84 bits per heavy atom. The molecule has 4 rings (SSSR count). The van der Waals surface area contributed by atoms with Crippen molar-refractivity contribution in [3.8, 4) is 5.75 Å². The highest BCUT2D eigenvalue weighted by Crippen LogP contribution is 2.39. The van der Waals surface area contributed by atoms with Gasteiger partial charge in [-0.25, -0.2) is 13.8 Å². The van der Waals surface area contributed by atoms with Crippen LogP contribution in [0.15, 0.2) is 54.7 Å². The third-order valence-electron chi connectivity index (χ3n) is 4.61. The van der Waals surface area contributed by atoms with Gasteiger partial charge >= 0.3 is 6.18 Å². The second-order valence-corrected chi connectivity index (χ2v) is 6.64. The van der Waals surface area contributed by atoms with Gasteiger partial charge in [-0.2, -0.15) is 13.2 Å². The Morgan fingerprint density at radius 1 is 1.10 bits per heavy atom. The number of fused-ring (bicyclic) bond motifs is 1. The van der Waals surface area contributed by atoms with Crippen molar-refractivity contribution in [2.45, 2.75) is 6.18 Å². The number of anilines is 3. The van der Waals surface area contributed by atoms with Crippen LogP contribution in [0, 0.1) is 11.6 Å². The summed E-state index contributed by atoms with van der Waals surface area (Å²) in [4.78, 5) is 18.0. The lowest BCUT2D eigenvalue weighted by Crippen LogP contribution is -2.31. The number of aromatic nitrogens is 1. The number of alkyl halides is 3. The van der Waals surface area contributed by atoms with E-state index in [0.29, 0.717) is 11.8 Å². The van der Waals surface area contributed by atoms with Crippen molar-refractivity contribution in [1.82, 2.24) is 4.98 Å². The monoisotopic (exact) mass is 435 g/mol. The highest BCUT2D eigenvalue weighted by molar-refractivity contribution is 6.07. The smallest absolute Gasteiger partial charge is 0.416 e. The minimum absolute atomic E-state index is 0.101. The molecule has 0 fully saturated rings. The van der Waals surface area contributed by atoms with Crippen LogP contribution in [0.25, 0.3) is 0 Å². The highest BCUT2D eigenvalue weighted by atomic mass is 19.4. The maximum absolute atomic E-state index is 14.2. The van der Waals surface area contributed by atoms with E-state index in [2.05, 4.69) is 10.3 Å². The molecule has 0 saturated carbocycles. The van der Waals surface area contributed by atoms with Crippen molar-refractivity contribution >= 4 is 23.1 Å². The number of nitrogens with zero attached hydrogens (tertiary/aromatic N) is 2. The zero-order valence-electron chi connectivity index (χ0n) is 15.7. The van der Waals surface area contributed by atoms with Gasteiger partial charge in [-0.05, 0) is 36.4 Å². The SMILES string of the molecule is O=C(Nc1ccc(C(F)(F)F)cc1)c1cccc2c1OCCN2c1ncc(F)cc1F. The predicted molar refractivity (Wildman–Crippen MR) is 102 cm³/mol. The topological polar surface area (TPSA) is 54.5 Å². The second-order valence-electron chi connectivity index (χ2n) is 6.64. The fourth-order valence-corrected chi connectivity index (χ4v) is 3.19. The van der Waals surface area contributed by atoms with Crippen molar-refractivity contribution < 1.29 is 31.5 Å². The molecule has 2 aromatic carbocycles. The van der Waals surface area contributed by atoms with Gasteiger partial charge in [0.25, 0.3) is 5.91 Å². The molecule has 0 saturated heterocycles. The Morgan fingerprint density at radius 3 is 2.52 bits per heavy atom. The lowest BCUT2D eigenvalue weighted by atomic mass is 10.1. The summed E-state index contributed by atoms with van der Waals surface area (Å²) in [6.07, 6.45) is -3.60. The summed E-state index contributed by atoms with van der Waals surface area (Å²) in [6, 6.07) is 9.31. The summed E-state index contributed by atoms with van der Waals surface area (Å²) in [7, 11) is 0. The first-order valence-corrected chi connectivity index (χ1v) is 9.07. The molecule has 0 radical (unpaired) electrons. The molecule has 160 valence electrons. The van der Waals surface area contributed by atoms with Crippen LogP contribution in [0.4, 0.5) is 39.1 Å². The highest BCUT2D eigenvalue weighted by Gasteiger charge is 2.30. The van der Waals surface area contributed by atoms with Crippen molar-refractivity contribution in [3.63, 3.8) is 0 Å². The lowest BCUT2D eigenvalue weighted by Gasteiger charge is -2.31. The predicted octanol–water partition coefficient (Wildman–Crippen LogP) is 5.16. The first kappa shape index (κ1) is 20.6. The number of rotatable bonds is 3. The number of nitrogens with one attached hydrogen (secondary N) is 1. The molecular formula is C21H14F5N3O2. The van der Waals surface area contributed by atoms with Crippen molar-refractivity contribution in [2.75, 3.05) is 23.4 Å². The summed E-state index contributed by atoms with van der Waals surface area (Å²) in [6.45, 7) is 0.322. The minimum Gasteiger partial charge on any atom is -0.489 e. The number of hydrogen-bond acceptors (Lipinski definition) is 4. The summed E-state index contributed by atoms with van der Waals surface area (Å²) in [5.41, 5.74) is -0.223. The largest absolute Gasteiger partial charge is 0.489 e. The number of para-hydroxylation sites is 1. The summed E-state index contributed by atoms with van der Waals surface area (Å²) in [5.74, 6) is -2.27. The number of carbonyl (C=O) groups is 1. The van der Waals surface area contributed by atoms with Crippen LogP contribution < -0.4 is 15.0 Å². The average Bonchev–Trinajstić information content (AvgIpc) is 2.73. The van der Waals surface area contributed by atoms with Crippen molar-refractivity contribution in [3.05, 3.63) is 77.5 Å². The molecule has 1 aromatic heterocycles. The number of halogens is 5. The van der Waals surface area contributed by atoms with Crippen LogP contribution in [0.5, 0.6) is 5.75 Å². The lowest BCUT2D eigenvalue weighted by molar-refractivity contribution is -0.137. The van der Waals surface area contributed by atoms with Gasteiger partial charge in [-0.3, -0.25) is 4.79 Å². The Balaban J connectivity index is 1.63. The normalized spacial score (nSPS) is 13.4. The Labute approximate surface area is 173 Å². The molecular weight excluding hydrogens is 421 g/mol. The van der Waals surface area contributed by atoms with Gasteiger partial charge in [0.2, 0.25) is 0 Å². The number of hydrogen-bond donors (Lipinski definition) is 1. The molecule has 0 atom stereocenters. The molecule has 0 bridgehead atoms.